The van der Waals surface area contributed by atoms with Gasteiger partial charge < -0.3 is 9.47 Å². The number of aryl methyl sites for hydroxylation is 1. The fourth-order valence-corrected chi connectivity index (χ4v) is 4.17. The molecule has 0 aliphatic carbocycles. The summed E-state index contributed by atoms with van der Waals surface area (Å²) in [5.74, 6) is 4.34. The fraction of sp³-hybridized carbons (Fsp3) is 0.207. The Labute approximate surface area is 215 Å². The summed E-state index contributed by atoms with van der Waals surface area (Å²) in [5.41, 5.74) is 3.76. The molecule has 6 nitrogen and oxygen atoms in total. The summed E-state index contributed by atoms with van der Waals surface area (Å²) in [6.45, 7) is 6.27. The first kappa shape index (κ1) is 25.0. The van der Waals surface area contributed by atoms with Gasteiger partial charge in [-0.2, -0.15) is 9.78 Å². The number of rotatable bonds is 7. The van der Waals surface area contributed by atoms with Gasteiger partial charge in [-0.1, -0.05) is 43.5 Å². The Morgan fingerprint density at radius 1 is 1.17 bits per heavy atom. The number of aromatic nitrogens is 2. The highest BCUT2D eigenvalue weighted by Crippen LogP contribution is 2.34. The van der Waals surface area contributed by atoms with Crippen LogP contribution in [0.2, 0.25) is 5.02 Å². The molecule has 0 bridgehead atoms. The minimum atomic E-state index is -0.270. The number of methoxy groups -OCH3 is 1. The fourth-order valence-electron chi connectivity index (χ4n) is 3.93. The zero-order valence-electron chi connectivity index (χ0n) is 20.6. The van der Waals surface area contributed by atoms with Crippen LogP contribution in [0.4, 0.5) is 0 Å². The van der Waals surface area contributed by atoms with E-state index in [1.807, 2.05) is 37.3 Å². The van der Waals surface area contributed by atoms with Crippen molar-refractivity contribution >= 4 is 28.7 Å². The number of para-hydroxylation sites is 1. The second-order valence-electron chi connectivity index (χ2n) is 8.56. The summed E-state index contributed by atoms with van der Waals surface area (Å²) in [4.78, 5) is 18.4. The normalized spacial score (nSPS) is 11.2. The van der Waals surface area contributed by atoms with Gasteiger partial charge >= 0.3 is 0 Å². The Kier molecular flexibility index (Phi) is 7.42. The molecule has 1 aromatic heterocycles. The SMILES string of the molecule is C#CCOc1ccc(C=Nn2c(-c3cc(C(C)C)c(OC)cc3C)nc3ccccc3c2=O)cc1Cl. The Morgan fingerprint density at radius 2 is 1.94 bits per heavy atom. The highest BCUT2D eigenvalue weighted by atomic mass is 35.5. The summed E-state index contributed by atoms with van der Waals surface area (Å²) in [7, 11) is 1.66. The second-order valence-corrected chi connectivity index (χ2v) is 8.97. The van der Waals surface area contributed by atoms with Gasteiger partial charge in [0.05, 0.1) is 29.2 Å². The number of hydrogen-bond acceptors (Lipinski definition) is 5. The molecule has 0 radical (unpaired) electrons. The third-order valence-corrected chi connectivity index (χ3v) is 6.08. The molecule has 0 N–H and O–H groups in total. The van der Waals surface area contributed by atoms with E-state index in [4.69, 9.17) is 32.5 Å². The molecule has 3 aromatic carbocycles. The molecule has 0 saturated heterocycles. The zero-order valence-corrected chi connectivity index (χ0v) is 21.3. The summed E-state index contributed by atoms with van der Waals surface area (Å²) in [6, 6.07) is 16.4. The molecule has 1 heterocycles. The summed E-state index contributed by atoms with van der Waals surface area (Å²) in [6.07, 6.45) is 6.82. The van der Waals surface area contributed by atoms with Crippen molar-refractivity contribution in [2.24, 2.45) is 5.10 Å². The van der Waals surface area contributed by atoms with Gasteiger partial charge in [-0.05, 0) is 72.0 Å². The lowest BCUT2D eigenvalue weighted by atomic mass is 9.96. The molecule has 36 heavy (non-hydrogen) atoms. The molecule has 4 aromatic rings. The number of ether oxygens (including phenoxy) is 2. The third kappa shape index (κ3) is 4.98. The van der Waals surface area contributed by atoms with Crippen LogP contribution >= 0.6 is 11.6 Å². The largest absolute Gasteiger partial charge is 0.496 e. The second kappa shape index (κ2) is 10.7. The van der Waals surface area contributed by atoms with Crippen molar-refractivity contribution < 1.29 is 9.47 Å². The van der Waals surface area contributed by atoms with E-state index in [0.717, 1.165) is 22.4 Å². The minimum Gasteiger partial charge on any atom is -0.496 e. The van der Waals surface area contributed by atoms with Crippen molar-refractivity contribution in [3.05, 3.63) is 86.7 Å². The number of nitrogens with zero attached hydrogens (tertiary/aromatic N) is 3. The summed E-state index contributed by atoms with van der Waals surface area (Å²) < 4.78 is 12.4. The smallest absolute Gasteiger partial charge is 0.282 e. The van der Waals surface area contributed by atoms with Crippen molar-refractivity contribution in [1.29, 1.82) is 0 Å². The highest BCUT2D eigenvalue weighted by molar-refractivity contribution is 6.32. The first-order valence-electron chi connectivity index (χ1n) is 11.4. The topological polar surface area (TPSA) is 65.7 Å². The molecule has 7 heteroatoms. The zero-order chi connectivity index (χ0) is 25.8. The monoisotopic (exact) mass is 499 g/mol. The molecule has 0 saturated carbocycles. The molecule has 0 aliphatic rings. The molecule has 0 amide bonds. The van der Waals surface area contributed by atoms with Crippen LogP contribution in [0.3, 0.4) is 0 Å². The number of benzene rings is 3. The molecule has 0 unspecified atom stereocenters. The van der Waals surface area contributed by atoms with Crippen molar-refractivity contribution in [2.45, 2.75) is 26.7 Å². The predicted molar refractivity (Wildman–Crippen MR) is 146 cm³/mol. The molecule has 4 rings (SSSR count). The van der Waals surface area contributed by atoms with E-state index in [9.17, 15) is 4.79 Å². The van der Waals surface area contributed by atoms with Crippen LogP contribution in [-0.4, -0.2) is 29.6 Å². The van der Waals surface area contributed by atoms with Crippen molar-refractivity contribution in [3.8, 4) is 35.2 Å². The number of halogens is 1. The van der Waals surface area contributed by atoms with E-state index in [1.165, 1.54) is 4.68 Å². The Bertz CT molecular complexity index is 1570. The van der Waals surface area contributed by atoms with E-state index in [2.05, 4.69) is 24.9 Å². The van der Waals surface area contributed by atoms with E-state index in [1.54, 1.807) is 37.6 Å². The van der Waals surface area contributed by atoms with E-state index in [0.29, 0.717) is 33.1 Å². The van der Waals surface area contributed by atoms with Gasteiger partial charge in [0, 0.05) is 5.56 Å². The Hall–Kier alpha value is -4.08. The lowest BCUT2D eigenvalue weighted by Crippen LogP contribution is -2.20. The maximum absolute atomic E-state index is 13.6. The lowest BCUT2D eigenvalue weighted by Gasteiger charge is -2.17. The molecule has 0 aliphatic heterocycles. The standard InChI is InChI=1S/C29H26ClN3O3/c1-6-13-36-26-12-11-20(15-24(26)30)17-31-33-28(32-25-10-8-7-9-21(25)29(33)34)23-16-22(18(2)3)27(35-5)14-19(23)4/h1,7-12,14-18H,13H2,2-5H3. The summed E-state index contributed by atoms with van der Waals surface area (Å²) >= 11 is 6.33. The van der Waals surface area contributed by atoms with Crippen molar-refractivity contribution in [1.82, 2.24) is 9.66 Å². The van der Waals surface area contributed by atoms with Crippen LogP contribution in [0.5, 0.6) is 11.5 Å². The van der Waals surface area contributed by atoms with Crippen LogP contribution in [0, 0.1) is 19.3 Å². The molecule has 0 fully saturated rings. The van der Waals surface area contributed by atoms with Gasteiger partial charge in [0.2, 0.25) is 0 Å². The Balaban J connectivity index is 1.90. The maximum atomic E-state index is 13.6. The summed E-state index contributed by atoms with van der Waals surface area (Å²) in [5, 5.41) is 5.42. The van der Waals surface area contributed by atoms with E-state index in [-0.39, 0.29) is 18.1 Å². The lowest BCUT2D eigenvalue weighted by molar-refractivity contribution is 0.370. The van der Waals surface area contributed by atoms with E-state index >= 15 is 0 Å². The van der Waals surface area contributed by atoms with Crippen LogP contribution in [-0.2, 0) is 0 Å². The maximum Gasteiger partial charge on any atom is 0.282 e. The van der Waals surface area contributed by atoms with Crippen molar-refractivity contribution in [2.75, 3.05) is 13.7 Å². The molecule has 0 spiro atoms. The average molecular weight is 500 g/mol. The van der Waals surface area contributed by atoms with Crippen molar-refractivity contribution in [3.63, 3.8) is 0 Å². The molecular formula is C29H26ClN3O3. The number of hydrogen-bond donors (Lipinski definition) is 0. The van der Waals surface area contributed by atoms with Gasteiger partial charge in [0.15, 0.2) is 5.82 Å². The average Bonchev–Trinajstić information content (AvgIpc) is 2.87. The van der Waals surface area contributed by atoms with Crippen LogP contribution in [0.15, 0.2) is 64.5 Å². The first-order chi connectivity index (χ1) is 17.3. The first-order valence-corrected chi connectivity index (χ1v) is 11.8. The van der Waals surface area contributed by atoms with E-state index < -0.39 is 0 Å². The van der Waals surface area contributed by atoms with Gasteiger partial charge in [0.1, 0.15) is 18.1 Å². The third-order valence-electron chi connectivity index (χ3n) is 5.78. The van der Waals surface area contributed by atoms with Crippen LogP contribution < -0.4 is 15.0 Å². The molecule has 0 atom stereocenters. The van der Waals surface area contributed by atoms with Gasteiger partial charge in [0.25, 0.3) is 5.56 Å². The van der Waals surface area contributed by atoms with Gasteiger partial charge in [-0.25, -0.2) is 4.98 Å². The minimum absolute atomic E-state index is 0.119. The molecule has 182 valence electrons. The highest BCUT2D eigenvalue weighted by Gasteiger charge is 2.18. The van der Waals surface area contributed by atoms with Crippen LogP contribution in [0.1, 0.15) is 36.5 Å². The molecular weight excluding hydrogens is 474 g/mol. The van der Waals surface area contributed by atoms with Gasteiger partial charge in [-0.3, -0.25) is 4.79 Å². The number of terminal acetylenes is 1. The number of fused-ring (bicyclic) bond motifs is 1. The predicted octanol–water partition coefficient (Wildman–Crippen LogP) is 6.05. The quantitative estimate of drug-likeness (QED) is 0.229. The van der Waals surface area contributed by atoms with Crippen LogP contribution in [0.25, 0.3) is 22.3 Å². The Morgan fingerprint density at radius 3 is 2.64 bits per heavy atom. The van der Waals surface area contributed by atoms with Gasteiger partial charge in [-0.15, -0.1) is 6.42 Å².